The predicted molar refractivity (Wildman–Crippen MR) is 102 cm³/mol. The van der Waals surface area contributed by atoms with Gasteiger partial charge in [-0.05, 0) is 30.3 Å². The summed E-state index contributed by atoms with van der Waals surface area (Å²) in [7, 11) is 0. The van der Waals surface area contributed by atoms with Crippen LogP contribution >= 0.6 is 0 Å². The van der Waals surface area contributed by atoms with Gasteiger partial charge in [-0.15, -0.1) is 0 Å². The average molecular weight is 397 g/mol. The summed E-state index contributed by atoms with van der Waals surface area (Å²) in [5.41, 5.74) is 0.858. The molecule has 0 fully saturated rings. The molecular formula is C21H19NO7. The van der Waals surface area contributed by atoms with Crippen molar-refractivity contribution in [1.82, 2.24) is 0 Å². The van der Waals surface area contributed by atoms with E-state index in [4.69, 9.17) is 18.9 Å². The molecular weight excluding hydrogens is 378 g/mol. The van der Waals surface area contributed by atoms with E-state index in [0.29, 0.717) is 41.7 Å². The number of anilines is 1. The van der Waals surface area contributed by atoms with E-state index in [1.807, 2.05) is 0 Å². The van der Waals surface area contributed by atoms with E-state index in [2.05, 4.69) is 0 Å². The predicted octanol–water partition coefficient (Wildman–Crippen LogP) is 2.00. The van der Waals surface area contributed by atoms with Crippen LogP contribution in [0, 0.1) is 0 Å². The van der Waals surface area contributed by atoms with Crippen LogP contribution in [0.15, 0.2) is 42.5 Å². The van der Waals surface area contributed by atoms with E-state index in [0.717, 1.165) is 0 Å². The van der Waals surface area contributed by atoms with Gasteiger partial charge in [0.15, 0.2) is 23.9 Å². The summed E-state index contributed by atoms with van der Waals surface area (Å²) in [6, 6.07) is 11.8. The summed E-state index contributed by atoms with van der Waals surface area (Å²) >= 11 is 0. The second kappa shape index (κ2) is 8.22. The van der Waals surface area contributed by atoms with Crippen molar-refractivity contribution in [3.05, 3.63) is 48.0 Å². The summed E-state index contributed by atoms with van der Waals surface area (Å²) in [4.78, 5) is 38.3. The highest BCUT2D eigenvalue weighted by Crippen LogP contribution is 2.32. The molecule has 2 aromatic rings. The van der Waals surface area contributed by atoms with Crippen LogP contribution in [-0.4, -0.2) is 50.6 Å². The van der Waals surface area contributed by atoms with E-state index in [1.165, 1.54) is 4.90 Å². The van der Waals surface area contributed by atoms with Gasteiger partial charge in [0.25, 0.3) is 0 Å². The second-order valence-electron chi connectivity index (χ2n) is 6.49. The van der Waals surface area contributed by atoms with Crippen molar-refractivity contribution in [2.75, 3.05) is 37.9 Å². The minimum absolute atomic E-state index is 0.151. The highest BCUT2D eigenvalue weighted by molar-refractivity contribution is 6.01. The SMILES string of the molecule is O=C(CN1C(=O)CCOc2ccccc21)OCC(=O)c1ccc2c(c1)OCCO2. The first-order valence-electron chi connectivity index (χ1n) is 9.22. The Morgan fingerprint density at radius 2 is 1.69 bits per heavy atom. The highest BCUT2D eigenvalue weighted by atomic mass is 16.6. The number of carbonyl (C=O) groups is 3. The van der Waals surface area contributed by atoms with E-state index >= 15 is 0 Å². The summed E-state index contributed by atoms with van der Waals surface area (Å²) in [5.74, 6) is 0.288. The largest absolute Gasteiger partial charge is 0.491 e. The fourth-order valence-corrected chi connectivity index (χ4v) is 3.11. The number of para-hydroxylation sites is 2. The zero-order valence-corrected chi connectivity index (χ0v) is 15.6. The lowest BCUT2D eigenvalue weighted by molar-refractivity contribution is -0.141. The maximum atomic E-state index is 12.4. The van der Waals surface area contributed by atoms with E-state index < -0.39 is 12.6 Å². The number of rotatable bonds is 5. The Kier molecular flexibility index (Phi) is 5.33. The van der Waals surface area contributed by atoms with Crippen molar-refractivity contribution < 1.29 is 33.3 Å². The number of hydrogen-bond donors (Lipinski definition) is 0. The molecule has 0 aromatic heterocycles. The zero-order chi connectivity index (χ0) is 20.2. The van der Waals surface area contributed by atoms with Crippen LogP contribution in [-0.2, 0) is 14.3 Å². The highest BCUT2D eigenvalue weighted by Gasteiger charge is 2.26. The Morgan fingerprint density at radius 3 is 2.55 bits per heavy atom. The smallest absolute Gasteiger partial charge is 0.326 e. The molecule has 0 N–H and O–H groups in total. The van der Waals surface area contributed by atoms with Gasteiger partial charge in [-0.3, -0.25) is 19.3 Å². The van der Waals surface area contributed by atoms with Gasteiger partial charge in [-0.1, -0.05) is 12.1 Å². The summed E-state index contributed by atoms with van der Waals surface area (Å²) in [5, 5.41) is 0. The van der Waals surface area contributed by atoms with Crippen molar-refractivity contribution in [3.63, 3.8) is 0 Å². The van der Waals surface area contributed by atoms with Crippen LogP contribution in [0.2, 0.25) is 0 Å². The monoisotopic (exact) mass is 397 g/mol. The molecule has 0 radical (unpaired) electrons. The molecule has 0 saturated carbocycles. The Labute approximate surface area is 166 Å². The number of esters is 1. The third-order valence-electron chi connectivity index (χ3n) is 4.55. The van der Waals surface area contributed by atoms with Gasteiger partial charge in [-0.2, -0.15) is 0 Å². The average Bonchev–Trinajstić information content (AvgIpc) is 2.90. The van der Waals surface area contributed by atoms with E-state index in [9.17, 15) is 14.4 Å². The third kappa shape index (κ3) is 4.16. The molecule has 0 spiro atoms. The van der Waals surface area contributed by atoms with Crippen LogP contribution < -0.4 is 19.1 Å². The van der Waals surface area contributed by atoms with Crippen LogP contribution in [0.3, 0.4) is 0 Å². The van der Waals surface area contributed by atoms with Crippen LogP contribution in [0.4, 0.5) is 5.69 Å². The molecule has 2 aliphatic heterocycles. The Bertz CT molecular complexity index is 956. The van der Waals surface area contributed by atoms with Crippen LogP contribution in [0.5, 0.6) is 17.2 Å². The first kappa shape index (κ1) is 18.8. The number of nitrogens with zero attached hydrogens (tertiary/aromatic N) is 1. The molecule has 8 nitrogen and oxygen atoms in total. The molecule has 0 saturated heterocycles. The standard InChI is InChI=1S/C21H19NO7/c23-16(14-5-6-18-19(11-14)28-10-9-27-18)13-29-21(25)12-22-15-3-1-2-4-17(15)26-8-7-20(22)24/h1-6,11H,7-10,12-13H2. The lowest BCUT2D eigenvalue weighted by Crippen LogP contribution is -2.36. The van der Waals surface area contributed by atoms with Crippen molar-refractivity contribution >= 4 is 23.3 Å². The van der Waals surface area contributed by atoms with E-state index in [-0.39, 0.29) is 31.3 Å². The molecule has 0 aliphatic carbocycles. The van der Waals surface area contributed by atoms with Crippen molar-refractivity contribution in [2.24, 2.45) is 0 Å². The molecule has 0 unspecified atom stereocenters. The molecule has 2 aliphatic rings. The first-order valence-corrected chi connectivity index (χ1v) is 9.22. The minimum atomic E-state index is -0.680. The molecule has 150 valence electrons. The third-order valence-corrected chi connectivity index (χ3v) is 4.55. The van der Waals surface area contributed by atoms with Gasteiger partial charge < -0.3 is 18.9 Å². The Morgan fingerprint density at radius 1 is 0.931 bits per heavy atom. The van der Waals surface area contributed by atoms with Gasteiger partial charge >= 0.3 is 5.97 Å². The molecule has 2 heterocycles. The number of ether oxygens (including phenoxy) is 4. The Balaban J connectivity index is 1.39. The number of fused-ring (bicyclic) bond motifs is 2. The molecule has 4 rings (SSSR count). The molecule has 0 atom stereocenters. The number of carbonyl (C=O) groups excluding carboxylic acids is 3. The fourth-order valence-electron chi connectivity index (χ4n) is 3.11. The summed E-state index contributed by atoms with van der Waals surface area (Å²) in [6.45, 7) is 0.381. The normalized spacial score (nSPS) is 15.0. The van der Waals surface area contributed by atoms with Gasteiger partial charge in [-0.25, -0.2) is 0 Å². The lowest BCUT2D eigenvalue weighted by Gasteiger charge is -2.21. The van der Waals surface area contributed by atoms with Crippen LogP contribution in [0.1, 0.15) is 16.8 Å². The first-order chi connectivity index (χ1) is 14.1. The van der Waals surface area contributed by atoms with Crippen molar-refractivity contribution in [1.29, 1.82) is 0 Å². The molecule has 2 aromatic carbocycles. The molecule has 0 bridgehead atoms. The zero-order valence-electron chi connectivity index (χ0n) is 15.6. The van der Waals surface area contributed by atoms with Gasteiger partial charge in [0.05, 0.1) is 18.7 Å². The van der Waals surface area contributed by atoms with Gasteiger partial charge in [0, 0.05) is 5.56 Å². The summed E-state index contributed by atoms with van der Waals surface area (Å²) in [6.07, 6.45) is 0.151. The maximum Gasteiger partial charge on any atom is 0.326 e. The number of amides is 1. The van der Waals surface area contributed by atoms with Crippen molar-refractivity contribution in [3.8, 4) is 17.2 Å². The lowest BCUT2D eigenvalue weighted by atomic mass is 10.1. The van der Waals surface area contributed by atoms with E-state index in [1.54, 1.807) is 42.5 Å². The summed E-state index contributed by atoms with van der Waals surface area (Å²) < 4.78 is 21.5. The fraction of sp³-hybridized carbons (Fsp3) is 0.286. The number of benzene rings is 2. The second-order valence-corrected chi connectivity index (χ2v) is 6.49. The topological polar surface area (TPSA) is 91.4 Å². The number of Topliss-reactive ketones (excluding diaryl/α,β-unsaturated/α-hetero) is 1. The van der Waals surface area contributed by atoms with Gasteiger partial charge in [0.1, 0.15) is 25.5 Å². The Hall–Kier alpha value is -3.55. The van der Waals surface area contributed by atoms with Crippen LogP contribution in [0.25, 0.3) is 0 Å². The van der Waals surface area contributed by atoms with Gasteiger partial charge in [0.2, 0.25) is 5.91 Å². The molecule has 8 heteroatoms. The number of hydrogen-bond acceptors (Lipinski definition) is 7. The molecule has 29 heavy (non-hydrogen) atoms. The van der Waals surface area contributed by atoms with Crippen molar-refractivity contribution in [2.45, 2.75) is 6.42 Å². The maximum absolute atomic E-state index is 12.4. The quantitative estimate of drug-likeness (QED) is 0.563. The molecule has 1 amide bonds. The minimum Gasteiger partial charge on any atom is -0.491 e. The number of ketones is 1.